The Balaban J connectivity index is 0.00000484. The fourth-order valence-corrected chi connectivity index (χ4v) is 2.19. The quantitative estimate of drug-likeness (QED) is 0.757. The number of carboxylic acid groups (broad SMARTS) is 1. The predicted octanol–water partition coefficient (Wildman–Crippen LogP) is 2.55. The van der Waals surface area contributed by atoms with Crippen LogP contribution in [0.3, 0.4) is 0 Å². The maximum atomic E-state index is 12.4. The molecule has 0 aliphatic heterocycles. The Bertz CT molecular complexity index is 537. The third-order valence-corrected chi connectivity index (χ3v) is 3.39. The molecule has 0 aromatic heterocycles. The second-order valence-corrected chi connectivity index (χ2v) is 5.23. The van der Waals surface area contributed by atoms with Crippen LogP contribution in [-0.2, 0) is 9.59 Å². The Hall–Kier alpha value is -1.79. The molecule has 0 aliphatic rings. The zero-order valence-electron chi connectivity index (χ0n) is 14.0. The summed E-state index contributed by atoms with van der Waals surface area (Å²) in [5.74, 6) is -0.619. The fourth-order valence-electron chi connectivity index (χ4n) is 2.19. The molecule has 0 saturated heterocycles. The molecule has 23 heavy (non-hydrogen) atoms. The van der Waals surface area contributed by atoms with Gasteiger partial charge in [-0.15, -0.1) is 12.4 Å². The first kappa shape index (κ1) is 21.2. The summed E-state index contributed by atoms with van der Waals surface area (Å²) >= 11 is 0. The van der Waals surface area contributed by atoms with Crippen LogP contribution in [0, 0.1) is 6.92 Å². The summed E-state index contributed by atoms with van der Waals surface area (Å²) < 4.78 is 5.23. The van der Waals surface area contributed by atoms with Gasteiger partial charge in [-0.05, 0) is 44.5 Å². The summed E-state index contributed by atoms with van der Waals surface area (Å²) in [7, 11) is 1.54. The predicted molar refractivity (Wildman–Crippen MR) is 92.6 cm³/mol. The zero-order chi connectivity index (χ0) is 16.7. The van der Waals surface area contributed by atoms with E-state index >= 15 is 0 Å². The Morgan fingerprint density at radius 2 is 2.04 bits per heavy atom. The summed E-state index contributed by atoms with van der Waals surface area (Å²) in [6, 6.07) is 4.97. The van der Waals surface area contributed by atoms with Gasteiger partial charge in [0.25, 0.3) is 0 Å². The minimum absolute atomic E-state index is 0. The van der Waals surface area contributed by atoms with Crippen LogP contribution in [0.1, 0.15) is 25.8 Å². The highest BCUT2D eigenvalue weighted by molar-refractivity contribution is 5.96. The van der Waals surface area contributed by atoms with Crippen molar-refractivity contribution in [2.24, 2.45) is 0 Å². The topological polar surface area (TPSA) is 78.9 Å². The van der Waals surface area contributed by atoms with Gasteiger partial charge in [0.2, 0.25) is 5.91 Å². The number of hydrogen-bond donors (Lipinski definition) is 2. The first-order valence-electron chi connectivity index (χ1n) is 7.30. The van der Waals surface area contributed by atoms with Crippen LogP contribution in [0.15, 0.2) is 18.2 Å². The number of anilines is 1. The molecule has 2 N–H and O–H groups in total. The molecule has 0 aliphatic carbocycles. The van der Waals surface area contributed by atoms with E-state index in [-0.39, 0.29) is 24.9 Å². The number of carbonyl (C=O) groups excluding carboxylic acids is 1. The van der Waals surface area contributed by atoms with Crippen molar-refractivity contribution in [2.75, 3.05) is 25.5 Å². The van der Waals surface area contributed by atoms with Gasteiger partial charge in [-0.3, -0.25) is 14.5 Å². The van der Waals surface area contributed by atoms with E-state index in [4.69, 9.17) is 9.84 Å². The number of carbonyl (C=O) groups is 2. The van der Waals surface area contributed by atoms with Crippen molar-refractivity contribution in [1.29, 1.82) is 0 Å². The van der Waals surface area contributed by atoms with E-state index in [1.807, 2.05) is 26.0 Å². The zero-order valence-corrected chi connectivity index (χ0v) is 14.8. The number of nitrogens with zero attached hydrogens (tertiary/aromatic N) is 1. The van der Waals surface area contributed by atoms with E-state index in [0.29, 0.717) is 18.0 Å². The summed E-state index contributed by atoms with van der Waals surface area (Å²) in [5.41, 5.74) is 1.59. The van der Waals surface area contributed by atoms with Crippen molar-refractivity contribution in [3.8, 4) is 5.75 Å². The first-order chi connectivity index (χ1) is 10.4. The fraction of sp³-hybridized carbons (Fsp3) is 0.500. The van der Waals surface area contributed by atoms with Crippen LogP contribution in [0.2, 0.25) is 0 Å². The Morgan fingerprint density at radius 3 is 2.57 bits per heavy atom. The highest BCUT2D eigenvalue weighted by Crippen LogP contribution is 2.25. The van der Waals surface area contributed by atoms with E-state index in [2.05, 4.69) is 5.32 Å². The standard InChI is InChI=1S/C16H24N2O4.ClH/c1-5-8-18(10-15(19)20)12(3)16(21)17-13-9-11(2)6-7-14(13)22-4;/h6-7,9,12H,5,8,10H2,1-4H3,(H,17,21)(H,19,20);1H. The number of aryl methyl sites for hydroxylation is 1. The SMILES string of the molecule is CCCN(CC(=O)O)C(C)C(=O)Nc1cc(C)ccc1OC.Cl. The molecule has 0 fully saturated rings. The van der Waals surface area contributed by atoms with Gasteiger partial charge in [-0.25, -0.2) is 0 Å². The molecule has 7 heteroatoms. The minimum atomic E-state index is -0.943. The van der Waals surface area contributed by atoms with Crippen LogP contribution in [0.5, 0.6) is 5.75 Å². The number of carboxylic acids is 1. The Labute approximate surface area is 143 Å². The molecular formula is C16H25ClN2O4. The monoisotopic (exact) mass is 344 g/mol. The van der Waals surface area contributed by atoms with Crippen molar-refractivity contribution in [3.63, 3.8) is 0 Å². The lowest BCUT2D eigenvalue weighted by Crippen LogP contribution is -2.45. The number of hydrogen-bond acceptors (Lipinski definition) is 4. The molecule has 0 heterocycles. The molecule has 1 amide bonds. The van der Waals surface area contributed by atoms with Gasteiger partial charge in [0.1, 0.15) is 5.75 Å². The van der Waals surface area contributed by atoms with Crippen molar-refractivity contribution in [3.05, 3.63) is 23.8 Å². The summed E-state index contributed by atoms with van der Waals surface area (Å²) in [5, 5.41) is 11.8. The Kier molecular flexibility index (Phi) is 9.29. The maximum absolute atomic E-state index is 12.4. The normalized spacial score (nSPS) is 11.5. The second-order valence-electron chi connectivity index (χ2n) is 5.23. The second kappa shape index (κ2) is 10.1. The molecule has 0 spiro atoms. The third-order valence-electron chi connectivity index (χ3n) is 3.39. The molecule has 6 nitrogen and oxygen atoms in total. The van der Waals surface area contributed by atoms with E-state index < -0.39 is 12.0 Å². The van der Waals surface area contributed by atoms with Crippen LogP contribution in [0.25, 0.3) is 0 Å². The molecule has 0 bridgehead atoms. The van der Waals surface area contributed by atoms with Gasteiger partial charge in [0.15, 0.2) is 0 Å². The molecule has 1 rings (SSSR count). The van der Waals surface area contributed by atoms with E-state index in [1.54, 1.807) is 17.9 Å². The minimum Gasteiger partial charge on any atom is -0.495 e. The smallest absolute Gasteiger partial charge is 0.317 e. The number of aliphatic carboxylic acids is 1. The first-order valence-corrected chi connectivity index (χ1v) is 7.30. The number of amides is 1. The Morgan fingerprint density at radius 1 is 1.39 bits per heavy atom. The molecule has 130 valence electrons. The average molecular weight is 345 g/mol. The number of methoxy groups -OCH3 is 1. The molecule has 0 saturated carbocycles. The maximum Gasteiger partial charge on any atom is 0.317 e. The summed E-state index contributed by atoms with van der Waals surface area (Å²) in [4.78, 5) is 24.9. The lowest BCUT2D eigenvalue weighted by Gasteiger charge is -2.26. The van der Waals surface area contributed by atoms with Gasteiger partial charge < -0.3 is 15.2 Å². The molecule has 1 unspecified atom stereocenters. The highest BCUT2D eigenvalue weighted by atomic mass is 35.5. The molecular weight excluding hydrogens is 320 g/mol. The van der Waals surface area contributed by atoms with Gasteiger partial charge in [-0.1, -0.05) is 13.0 Å². The lowest BCUT2D eigenvalue weighted by atomic mass is 10.2. The van der Waals surface area contributed by atoms with Crippen LogP contribution < -0.4 is 10.1 Å². The lowest BCUT2D eigenvalue weighted by molar-refractivity contribution is -0.139. The average Bonchev–Trinajstić information content (AvgIpc) is 2.45. The summed E-state index contributed by atoms with van der Waals surface area (Å²) in [6.07, 6.45) is 0.776. The van der Waals surface area contributed by atoms with Gasteiger partial charge in [0, 0.05) is 0 Å². The van der Waals surface area contributed by atoms with Gasteiger partial charge in [-0.2, -0.15) is 0 Å². The van der Waals surface area contributed by atoms with Crippen molar-refractivity contribution < 1.29 is 19.4 Å². The largest absolute Gasteiger partial charge is 0.495 e. The van der Waals surface area contributed by atoms with Crippen LogP contribution in [0.4, 0.5) is 5.69 Å². The third kappa shape index (κ3) is 6.46. The van der Waals surface area contributed by atoms with E-state index in [0.717, 1.165) is 12.0 Å². The van der Waals surface area contributed by atoms with Crippen LogP contribution >= 0.6 is 12.4 Å². The van der Waals surface area contributed by atoms with Crippen molar-refractivity contribution >= 4 is 30.0 Å². The number of rotatable bonds is 8. The van der Waals surface area contributed by atoms with Gasteiger partial charge in [0.05, 0.1) is 25.4 Å². The molecule has 0 radical (unpaired) electrons. The van der Waals surface area contributed by atoms with Crippen LogP contribution in [-0.4, -0.2) is 48.1 Å². The highest BCUT2D eigenvalue weighted by Gasteiger charge is 2.23. The molecule has 1 atom stereocenters. The number of nitrogens with one attached hydrogen (secondary N) is 1. The number of ether oxygens (including phenoxy) is 1. The van der Waals surface area contributed by atoms with Gasteiger partial charge >= 0.3 is 5.97 Å². The van der Waals surface area contributed by atoms with Crippen molar-refractivity contribution in [2.45, 2.75) is 33.2 Å². The molecule has 1 aromatic carbocycles. The van der Waals surface area contributed by atoms with Crippen molar-refractivity contribution in [1.82, 2.24) is 4.90 Å². The van der Waals surface area contributed by atoms with E-state index in [9.17, 15) is 9.59 Å². The number of benzene rings is 1. The molecule has 1 aromatic rings. The van der Waals surface area contributed by atoms with E-state index in [1.165, 1.54) is 7.11 Å². The summed E-state index contributed by atoms with van der Waals surface area (Å²) in [6.45, 7) is 5.96. The number of halogens is 1.